The Kier molecular flexibility index (Phi) is 3.17. The minimum atomic E-state index is 0.591. The van der Waals surface area contributed by atoms with Gasteiger partial charge in [-0.3, -0.25) is 4.98 Å². The lowest BCUT2D eigenvalue weighted by Crippen LogP contribution is -1.97. The molecule has 0 N–H and O–H groups in total. The summed E-state index contributed by atoms with van der Waals surface area (Å²) in [6, 6.07) is 6.54. The van der Waals surface area contributed by atoms with Gasteiger partial charge in [0.2, 0.25) is 0 Å². The third kappa shape index (κ3) is 2.66. The van der Waals surface area contributed by atoms with Crippen LogP contribution in [-0.4, -0.2) is 4.98 Å². The second-order valence-electron chi connectivity index (χ2n) is 3.99. The third-order valence-electron chi connectivity index (χ3n) is 2.50. The van der Waals surface area contributed by atoms with E-state index in [2.05, 4.69) is 42.4 Å². The predicted molar refractivity (Wildman–Crippen MR) is 65.4 cm³/mol. The van der Waals surface area contributed by atoms with E-state index in [0.717, 1.165) is 6.42 Å². The smallest absolute Gasteiger partial charge is 0.0300 e. The summed E-state index contributed by atoms with van der Waals surface area (Å²) in [5.41, 5.74) is 2.57. The first-order chi connectivity index (χ1) is 7.25. The van der Waals surface area contributed by atoms with Gasteiger partial charge in [0.25, 0.3) is 0 Å². The summed E-state index contributed by atoms with van der Waals surface area (Å²) in [6.45, 7) is 4.36. The average molecular weight is 217 g/mol. The molecule has 0 amide bonds. The molecule has 0 aliphatic heterocycles. The highest BCUT2D eigenvalue weighted by Gasteiger charge is 2.07. The summed E-state index contributed by atoms with van der Waals surface area (Å²) >= 11 is 1.83. The lowest BCUT2D eigenvalue weighted by Gasteiger charge is -2.09. The van der Waals surface area contributed by atoms with Crippen molar-refractivity contribution < 1.29 is 0 Å². The summed E-state index contributed by atoms with van der Waals surface area (Å²) in [7, 11) is 0. The van der Waals surface area contributed by atoms with Crippen LogP contribution in [0.25, 0.3) is 0 Å². The van der Waals surface area contributed by atoms with Crippen molar-refractivity contribution in [2.24, 2.45) is 0 Å². The van der Waals surface area contributed by atoms with Gasteiger partial charge in [0, 0.05) is 17.3 Å². The molecule has 2 aromatic rings. The first-order valence-corrected chi connectivity index (χ1v) is 6.07. The molecule has 0 radical (unpaired) electrons. The Morgan fingerprint density at radius 2 is 2.27 bits per heavy atom. The van der Waals surface area contributed by atoms with Crippen molar-refractivity contribution in [1.82, 2.24) is 4.98 Å². The SMILES string of the molecule is Cc1cncc(C[C@H](C)c2cccs2)c1. The maximum Gasteiger partial charge on any atom is 0.0300 e. The van der Waals surface area contributed by atoms with Crippen molar-refractivity contribution >= 4 is 11.3 Å². The van der Waals surface area contributed by atoms with Gasteiger partial charge in [0.1, 0.15) is 0 Å². The fourth-order valence-electron chi connectivity index (χ4n) is 1.75. The lowest BCUT2D eigenvalue weighted by atomic mass is 10.0. The largest absolute Gasteiger partial charge is 0.264 e. The van der Waals surface area contributed by atoms with Gasteiger partial charge < -0.3 is 0 Å². The molecule has 0 unspecified atom stereocenters. The first-order valence-electron chi connectivity index (χ1n) is 5.19. The summed E-state index contributed by atoms with van der Waals surface area (Å²) in [4.78, 5) is 5.68. The van der Waals surface area contributed by atoms with Crippen molar-refractivity contribution in [3.8, 4) is 0 Å². The zero-order valence-corrected chi connectivity index (χ0v) is 9.92. The molecule has 2 heterocycles. The molecule has 0 spiro atoms. The Bertz CT molecular complexity index is 420. The number of aromatic nitrogens is 1. The maximum absolute atomic E-state index is 4.22. The topological polar surface area (TPSA) is 12.9 Å². The fourth-order valence-corrected chi connectivity index (χ4v) is 2.54. The standard InChI is InChI=1S/C13H15NS/c1-10-6-12(9-14-8-10)7-11(2)13-4-3-5-15-13/h3-6,8-9,11H,7H2,1-2H3/t11-/m0/s1. The predicted octanol–water partition coefficient (Wildman–Crippen LogP) is 3.80. The van der Waals surface area contributed by atoms with Crippen LogP contribution >= 0.6 is 11.3 Å². The van der Waals surface area contributed by atoms with Crippen LogP contribution < -0.4 is 0 Å². The van der Waals surface area contributed by atoms with E-state index in [9.17, 15) is 0 Å². The second-order valence-corrected chi connectivity index (χ2v) is 4.97. The van der Waals surface area contributed by atoms with Crippen LogP contribution in [0.5, 0.6) is 0 Å². The number of rotatable bonds is 3. The minimum absolute atomic E-state index is 0.591. The molecule has 15 heavy (non-hydrogen) atoms. The molecule has 0 saturated carbocycles. The van der Waals surface area contributed by atoms with Gasteiger partial charge in [-0.2, -0.15) is 0 Å². The van der Waals surface area contributed by atoms with Gasteiger partial charge in [-0.15, -0.1) is 11.3 Å². The van der Waals surface area contributed by atoms with Crippen LogP contribution in [0.15, 0.2) is 36.0 Å². The van der Waals surface area contributed by atoms with E-state index in [1.165, 1.54) is 16.0 Å². The number of pyridine rings is 1. The van der Waals surface area contributed by atoms with Gasteiger partial charge in [0.15, 0.2) is 0 Å². The summed E-state index contributed by atoms with van der Waals surface area (Å²) < 4.78 is 0. The third-order valence-corrected chi connectivity index (χ3v) is 3.61. The fraction of sp³-hybridized carbons (Fsp3) is 0.308. The molecule has 0 saturated heterocycles. The summed E-state index contributed by atoms with van der Waals surface area (Å²) in [5, 5.41) is 2.14. The van der Waals surface area contributed by atoms with Crippen molar-refractivity contribution in [3.63, 3.8) is 0 Å². The summed E-state index contributed by atoms with van der Waals surface area (Å²) in [5.74, 6) is 0.591. The molecule has 0 bridgehead atoms. The molecule has 2 aromatic heterocycles. The molecule has 1 atom stereocenters. The van der Waals surface area contributed by atoms with Crippen LogP contribution in [0.3, 0.4) is 0 Å². The van der Waals surface area contributed by atoms with Crippen molar-refractivity contribution in [1.29, 1.82) is 0 Å². The van der Waals surface area contributed by atoms with Gasteiger partial charge in [0.05, 0.1) is 0 Å². The average Bonchev–Trinajstić information content (AvgIpc) is 2.70. The Balaban J connectivity index is 2.09. The number of hydrogen-bond donors (Lipinski definition) is 0. The quantitative estimate of drug-likeness (QED) is 0.762. The normalized spacial score (nSPS) is 12.7. The molecule has 0 fully saturated rings. The number of aryl methyl sites for hydroxylation is 1. The van der Waals surface area contributed by atoms with Crippen molar-refractivity contribution in [2.45, 2.75) is 26.2 Å². The van der Waals surface area contributed by atoms with Gasteiger partial charge in [-0.25, -0.2) is 0 Å². The van der Waals surface area contributed by atoms with Crippen molar-refractivity contribution in [2.75, 3.05) is 0 Å². The highest BCUT2D eigenvalue weighted by atomic mass is 32.1. The van der Waals surface area contributed by atoms with Crippen LogP contribution in [-0.2, 0) is 6.42 Å². The Labute approximate surface area is 94.8 Å². The van der Waals surface area contributed by atoms with E-state index in [1.54, 1.807) is 0 Å². The van der Waals surface area contributed by atoms with E-state index in [-0.39, 0.29) is 0 Å². The van der Waals surface area contributed by atoms with Gasteiger partial charge in [-0.1, -0.05) is 19.1 Å². The minimum Gasteiger partial charge on any atom is -0.264 e. The Morgan fingerprint density at radius 3 is 2.93 bits per heavy atom. The number of nitrogens with zero attached hydrogens (tertiary/aromatic N) is 1. The molecular formula is C13H15NS. The molecule has 2 heteroatoms. The molecular weight excluding hydrogens is 202 g/mol. The molecule has 0 aliphatic rings. The molecule has 0 aliphatic carbocycles. The van der Waals surface area contributed by atoms with Crippen molar-refractivity contribution in [3.05, 3.63) is 52.0 Å². The molecule has 1 nitrogen and oxygen atoms in total. The first kappa shape index (κ1) is 10.4. The molecule has 0 aromatic carbocycles. The molecule has 78 valence electrons. The van der Waals surface area contributed by atoms with E-state index in [0.29, 0.717) is 5.92 Å². The van der Waals surface area contributed by atoms with Crippen LogP contribution in [0.2, 0.25) is 0 Å². The zero-order valence-electron chi connectivity index (χ0n) is 9.10. The second kappa shape index (κ2) is 4.58. The zero-order chi connectivity index (χ0) is 10.7. The van der Waals surface area contributed by atoms with Crippen LogP contribution in [0, 0.1) is 6.92 Å². The highest BCUT2D eigenvalue weighted by molar-refractivity contribution is 7.10. The monoisotopic (exact) mass is 217 g/mol. The summed E-state index contributed by atoms with van der Waals surface area (Å²) in [6.07, 6.45) is 4.95. The van der Waals surface area contributed by atoms with E-state index >= 15 is 0 Å². The maximum atomic E-state index is 4.22. The van der Waals surface area contributed by atoms with E-state index in [1.807, 2.05) is 23.7 Å². The lowest BCUT2D eigenvalue weighted by molar-refractivity contribution is 0.771. The van der Waals surface area contributed by atoms with E-state index < -0.39 is 0 Å². The Hall–Kier alpha value is -1.15. The number of thiophene rings is 1. The van der Waals surface area contributed by atoms with Gasteiger partial charge in [-0.05, 0) is 41.8 Å². The highest BCUT2D eigenvalue weighted by Crippen LogP contribution is 2.24. The molecule has 2 rings (SSSR count). The number of hydrogen-bond acceptors (Lipinski definition) is 2. The Morgan fingerprint density at radius 1 is 1.40 bits per heavy atom. The van der Waals surface area contributed by atoms with Crippen LogP contribution in [0.1, 0.15) is 28.8 Å². The van der Waals surface area contributed by atoms with Crippen LogP contribution in [0.4, 0.5) is 0 Å². The van der Waals surface area contributed by atoms with Gasteiger partial charge >= 0.3 is 0 Å². The van der Waals surface area contributed by atoms with E-state index in [4.69, 9.17) is 0 Å².